The molecule has 0 atom stereocenters. The highest BCUT2D eigenvalue weighted by molar-refractivity contribution is 7.10. The van der Waals surface area contributed by atoms with Gasteiger partial charge in [-0.3, -0.25) is 4.79 Å². The lowest BCUT2D eigenvalue weighted by molar-refractivity contribution is -0.136. The van der Waals surface area contributed by atoms with Crippen LogP contribution in [-0.2, 0) is 11.2 Å². The summed E-state index contributed by atoms with van der Waals surface area (Å²) in [7, 11) is 0. The van der Waals surface area contributed by atoms with Crippen LogP contribution in [0.4, 0.5) is 0 Å². The molecule has 0 spiro atoms. The lowest BCUT2D eigenvalue weighted by Gasteiger charge is -2.42. The van der Waals surface area contributed by atoms with Gasteiger partial charge in [0.1, 0.15) is 0 Å². The zero-order valence-electron chi connectivity index (χ0n) is 10.7. The zero-order chi connectivity index (χ0) is 12.5. The van der Waals surface area contributed by atoms with E-state index < -0.39 is 0 Å². The molecule has 94 valence electrons. The van der Waals surface area contributed by atoms with Crippen molar-refractivity contribution >= 4 is 17.2 Å². The number of aryl methyl sites for hydroxylation is 1. The monoisotopic (exact) mass is 252 g/mol. The molecule has 0 aliphatic carbocycles. The molecule has 1 saturated heterocycles. The fourth-order valence-electron chi connectivity index (χ4n) is 2.26. The minimum Gasteiger partial charge on any atom is -0.335 e. The fourth-order valence-corrected chi connectivity index (χ4v) is 3.16. The van der Waals surface area contributed by atoms with E-state index in [1.165, 1.54) is 10.4 Å². The molecule has 0 aromatic carbocycles. The number of amides is 1. The van der Waals surface area contributed by atoms with Crippen LogP contribution in [0.1, 0.15) is 24.3 Å². The van der Waals surface area contributed by atoms with E-state index >= 15 is 0 Å². The Morgan fingerprint density at radius 2 is 2.35 bits per heavy atom. The summed E-state index contributed by atoms with van der Waals surface area (Å²) in [4.78, 5) is 15.6. The van der Waals surface area contributed by atoms with Crippen LogP contribution in [0.5, 0.6) is 0 Å². The highest BCUT2D eigenvalue weighted by atomic mass is 32.1. The summed E-state index contributed by atoms with van der Waals surface area (Å²) in [5, 5.41) is 5.40. The Morgan fingerprint density at radius 1 is 1.59 bits per heavy atom. The highest BCUT2D eigenvalue weighted by Crippen LogP contribution is 2.21. The van der Waals surface area contributed by atoms with Crippen molar-refractivity contribution in [3.05, 3.63) is 21.9 Å². The molecule has 1 aliphatic rings. The molecule has 1 fully saturated rings. The molecule has 1 aromatic heterocycles. The van der Waals surface area contributed by atoms with Crippen LogP contribution in [0.2, 0.25) is 0 Å². The van der Waals surface area contributed by atoms with Gasteiger partial charge in [-0.05, 0) is 37.8 Å². The number of hydrogen-bond acceptors (Lipinski definition) is 3. The number of hydrogen-bond donors (Lipinski definition) is 1. The first-order valence-corrected chi connectivity index (χ1v) is 6.93. The van der Waals surface area contributed by atoms with E-state index in [4.69, 9.17) is 0 Å². The summed E-state index contributed by atoms with van der Waals surface area (Å²) >= 11 is 1.68. The van der Waals surface area contributed by atoms with Crippen LogP contribution in [-0.4, -0.2) is 36.0 Å². The molecule has 2 rings (SSSR count). The zero-order valence-corrected chi connectivity index (χ0v) is 11.6. The maximum absolute atomic E-state index is 12.3. The SMILES string of the molecule is Cc1ccsc1CC(=O)N1CCNCC1(C)C. The smallest absolute Gasteiger partial charge is 0.228 e. The first-order chi connectivity index (χ1) is 8.00. The second-order valence-corrected chi connectivity index (χ2v) is 6.24. The van der Waals surface area contributed by atoms with Crippen molar-refractivity contribution in [1.82, 2.24) is 10.2 Å². The highest BCUT2D eigenvalue weighted by Gasteiger charge is 2.33. The predicted octanol–water partition coefficient (Wildman–Crippen LogP) is 1.81. The lowest BCUT2D eigenvalue weighted by atomic mass is 9.99. The van der Waals surface area contributed by atoms with Crippen LogP contribution in [0, 0.1) is 6.92 Å². The summed E-state index contributed by atoms with van der Waals surface area (Å²) in [5.74, 6) is 0.252. The van der Waals surface area contributed by atoms with Crippen molar-refractivity contribution in [1.29, 1.82) is 0 Å². The minimum atomic E-state index is -0.0690. The van der Waals surface area contributed by atoms with Crippen LogP contribution >= 0.6 is 11.3 Å². The van der Waals surface area contributed by atoms with Gasteiger partial charge >= 0.3 is 0 Å². The van der Waals surface area contributed by atoms with Gasteiger partial charge in [0, 0.05) is 30.1 Å². The minimum absolute atomic E-state index is 0.0690. The summed E-state index contributed by atoms with van der Waals surface area (Å²) < 4.78 is 0. The van der Waals surface area contributed by atoms with Crippen LogP contribution in [0.25, 0.3) is 0 Å². The first kappa shape index (κ1) is 12.6. The second kappa shape index (κ2) is 4.78. The van der Waals surface area contributed by atoms with Crippen molar-refractivity contribution in [2.45, 2.75) is 32.7 Å². The lowest BCUT2D eigenvalue weighted by Crippen LogP contribution is -2.60. The van der Waals surface area contributed by atoms with E-state index in [-0.39, 0.29) is 11.4 Å². The molecule has 1 amide bonds. The quantitative estimate of drug-likeness (QED) is 0.870. The molecule has 4 heteroatoms. The standard InChI is InChI=1S/C13H20N2OS/c1-10-4-7-17-11(10)8-12(16)15-6-5-14-9-13(15,2)3/h4,7,14H,5-6,8-9H2,1-3H3. The molecule has 3 nitrogen and oxygen atoms in total. The van der Waals surface area contributed by atoms with Crippen molar-refractivity contribution in [2.75, 3.05) is 19.6 Å². The molecular weight excluding hydrogens is 232 g/mol. The third kappa shape index (κ3) is 2.69. The molecule has 2 heterocycles. The van der Waals surface area contributed by atoms with Gasteiger partial charge in [-0.25, -0.2) is 0 Å². The molecule has 0 bridgehead atoms. The average Bonchev–Trinajstić information content (AvgIpc) is 2.63. The number of piperazine rings is 1. The largest absolute Gasteiger partial charge is 0.335 e. The number of rotatable bonds is 2. The third-order valence-electron chi connectivity index (χ3n) is 3.38. The van der Waals surface area contributed by atoms with Gasteiger partial charge in [-0.2, -0.15) is 0 Å². The summed E-state index contributed by atoms with van der Waals surface area (Å²) in [5.41, 5.74) is 1.16. The summed E-state index contributed by atoms with van der Waals surface area (Å²) in [6.45, 7) is 8.91. The fraction of sp³-hybridized carbons (Fsp3) is 0.615. The number of nitrogens with one attached hydrogen (secondary N) is 1. The summed E-state index contributed by atoms with van der Waals surface area (Å²) in [6, 6.07) is 2.08. The van der Waals surface area contributed by atoms with Gasteiger partial charge in [0.15, 0.2) is 0 Å². The Hall–Kier alpha value is -0.870. The van der Waals surface area contributed by atoms with Gasteiger partial charge in [0.25, 0.3) is 0 Å². The Labute approximate surface area is 107 Å². The van der Waals surface area contributed by atoms with Gasteiger partial charge in [-0.15, -0.1) is 11.3 Å². The molecule has 1 aliphatic heterocycles. The van der Waals surface area contributed by atoms with Crippen molar-refractivity contribution < 1.29 is 4.79 Å². The van der Waals surface area contributed by atoms with Gasteiger partial charge in [0.05, 0.1) is 6.42 Å². The number of carbonyl (C=O) groups excluding carboxylic acids is 1. The Bertz CT molecular complexity index is 411. The Balaban J connectivity index is 2.07. The van der Waals surface area contributed by atoms with E-state index in [0.717, 1.165) is 19.6 Å². The number of thiophene rings is 1. The second-order valence-electron chi connectivity index (χ2n) is 5.24. The van der Waals surface area contributed by atoms with E-state index in [1.54, 1.807) is 11.3 Å². The molecule has 0 radical (unpaired) electrons. The van der Waals surface area contributed by atoms with Crippen LogP contribution < -0.4 is 5.32 Å². The van der Waals surface area contributed by atoms with Gasteiger partial charge in [0.2, 0.25) is 5.91 Å². The molecule has 17 heavy (non-hydrogen) atoms. The third-order valence-corrected chi connectivity index (χ3v) is 4.40. The van der Waals surface area contributed by atoms with Crippen molar-refractivity contribution in [3.63, 3.8) is 0 Å². The van der Waals surface area contributed by atoms with Crippen molar-refractivity contribution in [2.24, 2.45) is 0 Å². The number of nitrogens with zero attached hydrogens (tertiary/aromatic N) is 1. The van der Waals surface area contributed by atoms with Crippen molar-refractivity contribution in [3.8, 4) is 0 Å². The molecule has 0 saturated carbocycles. The molecule has 0 unspecified atom stereocenters. The number of carbonyl (C=O) groups is 1. The van der Waals surface area contributed by atoms with Gasteiger partial charge in [-0.1, -0.05) is 0 Å². The van der Waals surface area contributed by atoms with Gasteiger partial charge < -0.3 is 10.2 Å². The first-order valence-electron chi connectivity index (χ1n) is 6.05. The van der Waals surface area contributed by atoms with E-state index in [0.29, 0.717) is 6.42 Å². The average molecular weight is 252 g/mol. The Kier molecular flexibility index (Phi) is 3.54. The molecular formula is C13H20N2OS. The van der Waals surface area contributed by atoms with E-state index in [9.17, 15) is 4.79 Å². The van der Waals surface area contributed by atoms with Crippen LogP contribution in [0.3, 0.4) is 0 Å². The maximum atomic E-state index is 12.3. The van der Waals surface area contributed by atoms with Crippen LogP contribution in [0.15, 0.2) is 11.4 Å². The summed E-state index contributed by atoms with van der Waals surface area (Å²) in [6.07, 6.45) is 0.549. The van der Waals surface area contributed by atoms with E-state index in [1.807, 2.05) is 4.90 Å². The molecule has 1 aromatic rings. The van der Waals surface area contributed by atoms with E-state index in [2.05, 4.69) is 37.5 Å². The topological polar surface area (TPSA) is 32.3 Å². The predicted molar refractivity (Wildman–Crippen MR) is 71.4 cm³/mol. The normalized spacial score (nSPS) is 19.4. The maximum Gasteiger partial charge on any atom is 0.228 e. The molecule has 1 N–H and O–H groups in total. The Morgan fingerprint density at radius 3 is 2.94 bits per heavy atom.